The summed E-state index contributed by atoms with van der Waals surface area (Å²) in [6.45, 7) is 3.84. The van der Waals surface area contributed by atoms with E-state index in [4.69, 9.17) is 4.74 Å². The highest BCUT2D eigenvalue weighted by atomic mass is 16.5. The molecule has 7 nitrogen and oxygen atoms in total. The molecule has 1 aliphatic heterocycles. The number of anilines is 1. The highest BCUT2D eigenvalue weighted by Crippen LogP contribution is 2.22. The fraction of sp³-hybridized carbons (Fsp3) is 0.353. The van der Waals surface area contributed by atoms with E-state index in [1.165, 1.54) is 5.56 Å². The van der Waals surface area contributed by atoms with Crippen LogP contribution >= 0.6 is 0 Å². The van der Waals surface area contributed by atoms with Gasteiger partial charge in [-0.05, 0) is 18.2 Å². The summed E-state index contributed by atoms with van der Waals surface area (Å²) in [6.07, 6.45) is 1.63. The highest BCUT2D eigenvalue weighted by Gasteiger charge is 2.27. The van der Waals surface area contributed by atoms with E-state index < -0.39 is 0 Å². The first-order chi connectivity index (χ1) is 11.8. The van der Waals surface area contributed by atoms with Crippen LogP contribution in [-0.4, -0.2) is 46.6 Å². The van der Waals surface area contributed by atoms with Crippen LogP contribution in [0.1, 0.15) is 5.56 Å². The highest BCUT2D eigenvalue weighted by molar-refractivity contribution is 5.46. The fourth-order valence-electron chi connectivity index (χ4n) is 3.03. The predicted octanol–water partition coefficient (Wildman–Crippen LogP) is 1.36. The summed E-state index contributed by atoms with van der Waals surface area (Å²) >= 11 is 0. The number of hydrogen-bond acceptors (Lipinski definition) is 6. The molecule has 124 valence electrons. The number of para-hydroxylation sites is 1. The quantitative estimate of drug-likeness (QED) is 0.738. The summed E-state index contributed by atoms with van der Waals surface area (Å²) in [6, 6.07) is 12.1. The molecule has 0 unspecified atom stereocenters. The number of nitrogens with zero attached hydrogens (tertiary/aromatic N) is 5. The molecule has 0 radical (unpaired) electrons. The van der Waals surface area contributed by atoms with Crippen molar-refractivity contribution in [3.8, 4) is 5.75 Å². The van der Waals surface area contributed by atoms with Crippen LogP contribution in [0.25, 0.3) is 5.65 Å². The van der Waals surface area contributed by atoms with E-state index in [1.54, 1.807) is 18.0 Å². The first-order valence-corrected chi connectivity index (χ1v) is 8.08. The number of benzene rings is 1. The molecule has 1 aliphatic rings. The lowest BCUT2D eigenvalue weighted by molar-refractivity contribution is 0.376. The molecule has 1 fully saturated rings. The Balaban J connectivity index is 1.27. The number of nitrogens with one attached hydrogen (secondary N) is 1. The lowest BCUT2D eigenvalue weighted by Gasteiger charge is -2.40. The van der Waals surface area contributed by atoms with Gasteiger partial charge in [0.2, 0.25) is 0 Å². The van der Waals surface area contributed by atoms with E-state index in [0.29, 0.717) is 5.92 Å². The van der Waals surface area contributed by atoms with Gasteiger partial charge in [0.15, 0.2) is 5.65 Å². The molecule has 0 atom stereocenters. The van der Waals surface area contributed by atoms with Crippen LogP contribution in [-0.2, 0) is 6.54 Å². The number of fused-ring (bicyclic) bond motifs is 1. The van der Waals surface area contributed by atoms with Crippen molar-refractivity contribution in [3.05, 3.63) is 48.3 Å². The molecule has 0 amide bonds. The van der Waals surface area contributed by atoms with Gasteiger partial charge in [0.05, 0.1) is 7.11 Å². The number of aromatic nitrogens is 4. The van der Waals surface area contributed by atoms with E-state index in [2.05, 4.69) is 31.6 Å². The molecule has 2 aromatic heterocycles. The van der Waals surface area contributed by atoms with Gasteiger partial charge >= 0.3 is 0 Å². The van der Waals surface area contributed by atoms with Gasteiger partial charge in [-0.2, -0.15) is 4.52 Å². The Morgan fingerprint density at radius 1 is 1.21 bits per heavy atom. The molecule has 1 N–H and O–H groups in total. The summed E-state index contributed by atoms with van der Waals surface area (Å²) in [5, 5.41) is 15.9. The fourth-order valence-corrected chi connectivity index (χ4v) is 3.03. The maximum Gasteiger partial charge on any atom is 0.177 e. The number of methoxy groups -OCH3 is 1. The Kier molecular flexibility index (Phi) is 4.00. The van der Waals surface area contributed by atoms with E-state index in [1.807, 2.05) is 30.3 Å². The van der Waals surface area contributed by atoms with Gasteiger partial charge < -0.3 is 15.0 Å². The van der Waals surface area contributed by atoms with E-state index in [0.717, 1.165) is 43.4 Å². The molecule has 3 aromatic rings. The van der Waals surface area contributed by atoms with Crippen LogP contribution in [0.3, 0.4) is 0 Å². The standard InChI is InChI=1S/C17H20N6O/c1-24-15-5-3-2-4-14(15)9-18-8-13-10-22(11-13)17-7-6-16-20-19-12-23(16)21-17/h2-7,12-13,18H,8-11H2,1H3. The normalized spacial score (nSPS) is 14.8. The molecule has 0 saturated carbocycles. The summed E-state index contributed by atoms with van der Waals surface area (Å²) in [5.41, 5.74) is 1.96. The lowest BCUT2D eigenvalue weighted by Crippen LogP contribution is -2.51. The topological polar surface area (TPSA) is 67.6 Å². The molecule has 0 spiro atoms. The molecule has 3 heterocycles. The molecule has 1 saturated heterocycles. The third-order valence-electron chi connectivity index (χ3n) is 4.37. The Morgan fingerprint density at radius 3 is 2.96 bits per heavy atom. The van der Waals surface area contributed by atoms with Gasteiger partial charge in [0, 0.05) is 37.7 Å². The minimum atomic E-state index is 0.637. The first kappa shape index (κ1) is 14.9. The largest absolute Gasteiger partial charge is 0.496 e. The van der Waals surface area contributed by atoms with E-state index in [-0.39, 0.29) is 0 Å². The average Bonchev–Trinajstić information content (AvgIpc) is 3.04. The van der Waals surface area contributed by atoms with Gasteiger partial charge in [0.1, 0.15) is 17.9 Å². The van der Waals surface area contributed by atoms with Crippen LogP contribution < -0.4 is 15.0 Å². The maximum absolute atomic E-state index is 5.38. The van der Waals surface area contributed by atoms with E-state index in [9.17, 15) is 0 Å². The van der Waals surface area contributed by atoms with Gasteiger partial charge in [-0.3, -0.25) is 0 Å². The molecular formula is C17H20N6O. The van der Waals surface area contributed by atoms with Crippen molar-refractivity contribution in [3.63, 3.8) is 0 Å². The first-order valence-electron chi connectivity index (χ1n) is 8.08. The Bertz CT molecular complexity index is 827. The van der Waals surface area contributed by atoms with Crippen LogP contribution in [0.4, 0.5) is 5.82 Å². The Morgan fingerprint density at radius 2 is 2.08 bits per heavy atom. The zero-order valence-corrected chi connectivity index (χ0v) is 13.6. The van der Waals surface area contributed by atoms with E-state index >= 15 is 0 Å². The summed E-state index contributed by atoms with van der Waals surface area (Å²) < 4.78 is 7.09. The minimum absolute atomic E-state index is 0.637. The lowest BCUT2D eigenvalue weighted by atomic mass is 10.00. The van der Waals surface area contributed by atoms with Crippen LogP contribution in [0, 0.1) is 5.92 Å². The minimum Gasteiger partial charge on any atom is -0.496 e. The number of hydrogen-bond donors (Lipinski definition) is 1. The van der Waals surface area contributed by atoms with Crippen LogP contribution in [0.5, 0.6) is 5.75 Å². The summed E-state index contributed by atoms with van der Waals surface area (Å²) in [7, 11) is 1.71. The second-order valence-electron chi connectivity index (χ2n) is 6.04. The third kappa shape index (κ3) is 2.90. The second kappa shape index (κ2) is 6.45. The summed E-state index contributed by atoms with van der Waals surface area (Å²) in [4.78, 5) is 2.27. The SMILES string of the molecule is COc1ccccc1CNCC1CN(c2ccc3nncn3n2)C1. The van der Waals surface area contributed by atoms with Crippen molar-refractivity contribution in [2.24, 2.45) is 5.92 Å². The Labute approximate surface area is 140 Å². The van der Waals surface area contributed by atoms with Gasteiger partial charge in [0.25, 0.3) is 0 Å². The van der Waals surface area contributed by atoms with Crippen molar-refractivity contribution < 1.29 is 4.74 Å². The molecule has 24 heavy (non-hydrogen) atoms. The van der Waals surface area contributed by atoms with Crippen molar-refractivity contribution in [1.82, 2.24) is 25.1 Å². The van der Waals surface area contributed by atoms with Crippen LogP contribution in [0.2, 0.25) is 0 Å². The zero-order chi connectivity index (χ0) is 16.4. The smallest absolute Gasteiger partial charge is 0.177 e. The monoisotopic (exact) mass is 324 g/mol. The maximum atomic E-state index is 5.38. The Hall–Kier alpha value is -2.67. The molecule has 0 bridgehead atoms. The van der Waals surface area contributed by atoms with Gasteiger partial charge in [-0.15, -0.1) is 15.3 Å². The number of ether oxygens (including phenoxy) is 1. The molecule has 1 aromatic carbocycles. The van der Waals surface area contributed by atoms with Crippen molar-refractivity contribution in [1.29, 1.82) is 0 Å². The molecule has 0 aliphatic carbocycles. The average molecular weight is 324 g/mol. The molecule has 4 rings (SSSR count). The number of rotatable bonds is 6. The van der Waals surface area contributed by atoms with Crippen molar-refractivity contribution in [2.45, 2.75) is 6.54 Å². The summed E-state index contributed by atoms with van der Waals surface area (Å²) in [5.74, 6) is 2.55. The third-order valence-corrected chi connectivity index (χ3v) is 4.37. The van der Waals surface area contributed by atoms with Crippen molar-refractivity contribution >= 4 is 11.5 Å². The second-order valence-corrected chi connectivity index (χ2v) is 6.04. The predicted molar refractivity (Wildman–Crippen MR) is 91.2 cm³/mol. The van der Waals surface area contributed by atoms with Crippen LogP contribution in [0.15, 0.2) is 42.7 Å². The molecular weight excluding hydrogens is 304 g/mol. The molecule has 7 heteroatoms. The zero-order valence-electron chi connectivity index (χ0n) is 13.6. The van der Waals surface area contributed by atoms with Gasteiger partial charge in [-0.1, -0.05) is 18.2 Å². The van der Waals surface area contributed by atoms with Gasteiger partial charge in [-0.25, -0.2) is 0 Å². The van der Waals surface area contributed by atoms with Crippen molar-refractivity contribution in [2.75, 3.05) is 31.6 Å².